The van der Waals surface area contributed by atoms with Crippen LogP contribution in [0.2, 0.25) is 5.02 Å². The Labute approximate surface area is 173 Å². The summed E-state index contributed by atoms with van der Waals surface area (Å²) >= 11 is 7.79. The Morgan fingerprint density at radius 1 is 1.15 bits per heavy atom. The average molecular weight is 435 g/mol. The fraction of sp³-hybridized carbons (Fsp3) is 0.714. The summed E-state index contributed by atoms with van der Waals surface area (Å²) in [5, 5.41) is 0.255. The highest BCUT2D eigenvalue weighted by Crippen LogP contribution is 2.33. The first-order valence-electron chi connectivity index (χ1n) is 10.0. The molecule has 1 aliphatic rings. The number of hydrogen-bond acceptors (Lipinski definition) is 3. The van der Waals surface area contributed by atoms with E-state index >= 15 is 0 Å². The maximum atomic E-state index is 13.7. The van der Waals surface area contributed by atoms with Crippen molar-refractivity contribution in [3.05, 3.63) is 34.6 Å². The first-order chi connectivity index (χ1) is 12.8. The molecule has 1 aromatic carbocycles. The van der Waals surface area contributed by atoms with E-state index in [2.05, 4.69) is 0 Å². The first-order valence-corrected chi connectivity index (χ1v) is 13.3. The van der Waals surface area contributed by atoms with E-state index < -0.39 is 9.84 Å². The molecule has 1 fully saturated rings. The normalized spacial score (nSPS) is 20.9. The molecule has 0 N–H and O–H groups in total. The Balaban J connectivity index is 1.57. The van der Waals surface area contributed by atoms with Gasteiger partial charge in [-0.15, -0.1) is 0 Å². The molecule has 2 nitrogen and oxygen atoms in total. The van der Waals surface area contributed by atoms with Gasteiger partial charge in [-0.05, 0) is 62.8 Å². The van der Waals surface area contributed by atoms with Gasteiger partial charge in [0.15, 0.2) is 9.84 Å². The van der Waals surface area contributed by atoms with Gasteiger partial charge >= 0.3 is 0 Å². The van der Waals surface area contributed by atoms with E-state index in [0.29, 0.717) is 28.0 Å². The standard InChI is InChI=1S/C21H32ClFO2S2/c1-16(2)27(24,25)15-18-11-9-17(10-12-18)6-3-4-13-26-14-19-20(22)7-5-8-21(19)23/h5,7-8,16-18H,3-4,6,9-15H2,1-2H3. The summed E-state index contributed by atoms with van der Waals surface area (Å²) in [5.74, 6) is 2.90. The van der Waals surface area contributed by atoms with Crippen molar-refractivity contribution in [2.45, 2.75) is 69.8 Å². The van der Waals surface area contributed by atoms with Gasteiger partial charge in [0, 0.05) is 16.3 Å². The highest BCUT2D eigenvalue weighted by Gasteiger charge is 2.26. The van der Waals surface area contributed by atoms with Crippen LogP contribution in [0.3, 0.4) is 0 Å². The van der Waals surface area contributed by atoms with Gasteiger partial charge in [-0.25, -0.2) is 12.8 Å². The van der Waals surface area contributed by atoms with Gasteiger partial charge in [-0.3, -0.25) is 0 Å². The van der Waals surface area contributed by atoms with E-state index in [9.17, 15) is 12.8 Å². The molecule has 0 amide bonds. The van der Waals surface area contributed by atoms with Gasteiger partial charge in [-0.1, -0.05) is 43.4 Å². The van der Waals surface area contributed by atoms with Crippen LogP contribution in [0.5, 0.6) is 0 Å². The Morgan fingerprint density at radius 3 is 2.44 bits per heavy atom. The monoisotopic (exact) mass is 434 g/mol. The minimum Gasteiger partial charge on any atom is -0.229 e. The van der Waals surface area contributed by atoms with Gasteiger partial charge in [-0.2, -0.15) is 11.8 Å². The number of benzene rings is 1. The third kappa shape index (κ3) is 7.58. The number of halogens is 2. The molecule has 0 bridgehead atoms. The minimum atomic E-state index is -2.91. The molecular formula is C21H32ClFO2S2. The van der Waals surface area contributed by atoms with Crippen molar-refractivity contribution in [3.8, 4) is 0 Å². The number of hydrogen-bond donors (Lipinski definition) is 0. The molecule has 0 aliphatic heterocycles. The Kier molecular flexibility index (Phi) is 9.43. The predicted octanol–water partition coefficient (Wildman–Crippen LogP) is 6.51. The zero-order chi connectivity index (χ0) is 19.9. The summed E-state index contributed by atoms with van der Waals surface area (Å²) in [5.41, 5.74) is 0.610. The van der Waals surface area contributed by atoms with Crippen LogP contribution in [0.4, 0.5) is 4.39 Å². The van der Waals surface area contributed by atoms with E-state index in [-0.39, 0.29) is 11.1 Å². The van der Waals surface area contributed by atoms with Crippen LogP contribution >= 0.6 is 23.4 Å². The molecule has 27 heavy (non-hydrogen) atoms. The molecular weight excluding hydrogens is 403 g/mol. The third-order valence-electron chi connectivity index (χ3n) is 5.61. The van der Waals surface area contributed by atoms with Crippen LogP contribution in [-0.4, -0.2) is 25.2 Å². The van der Waals surface area contributed by atoms with E-state index in [4.69, 9.17) is 11.6 Å². The summed E-state index contributed by atoms with van der Waals surface area (Å²) in [7, 11) is -2.91. The molecule has 6 heteroatoms. The van der Waals surface area contributed by atoms with E-state index in [1.807, 2.05) is 0 Å². The van der Waals surface area contributed by atoms with Crippen LogP contribution in [-0.2, 0) is 15.6 Å². The molecule has 2 rings (SSSR count). The molecule has 154 valence electrons. The Hall–Kier alpha value is -0.260. The van der Waals surface area contributed by atoms with E-state index in [1.165, 1.54) is 18.9 Å². The molecule has 1 aromatic rings. The molecule has 0 radical (unpaired) electrons. The maximum absolute atomic E-state index is 13.7. The summed E-state index contributed by atoms with van der Waals surface area (Å²) in [6.45, 7) is 3.55. The largest absolute Gasteiger partial charge is 0.229 e. The maximum Gasteiger partial charge on any atom is 0.152 e. The molecule has 1 saturated carbocycles. The molecule has 0 unspecified atom stereocenters. The Bertz CT molecular complexity index is 663. The summed E-state index contributed by atoms with van der Waals surface area (Å²) < 4.78 is 37.8. The van der Waals surface area contributed by atoms with Crippen molar-refractivity contribution in [1.29, 1.82) is 0 Å². The van der Waals surface area contributed by atoms with Crippen molar-refractivity contribution in [2.24, 2.45) is 11.8 Å². The number of unbranched alkanes of at least 4 members (excludes halogenated alkanes) is 1. The van der Waals surface area contributed by atoms with Crippen LogP contribution in [0.1, 0.15) is 64.4 Å². The fourth-order valence-electron chi connectivity index (χ4n) is 3.69. The number of sulfone groups is 1. The third-order valence-corrected chi connectivity index (χ3v) is 9.41. The van der Waals surface area contributed by atoms with Crippen molar-refractivity contribution in [1.82, 2.24) is 0 Å². The van der Waals surface area contributed by atoms with E-state index in [0.717, 1.165) is 43.8 Å². The zero-order valence-electron chi connectivity index (χ0n) is 16.4. The Morgan fingerprint density at radius 2 is 1.81 bits per heavy atom. The predicted molar refractivity (Wildman–Crippen MR) is 116 cm³/mol. The zero-order valence-corrected chi connectivity index (χ0v) is 18.8. The van der Waals surface area contributed by atoms with Gasteiger partial charge < -0.3 is 0 Å². The summed E-state index contributed by atoms with van der Waals surface area (Å²) in [6, 6.07) is 4.84. The smallest absolute Gasteiger partial charge is 0.152 e. The quantitative estimate of drug-likeness (QED) is 0.393. The first kappa shape index (κ1) is 23.0. The molecule has 0 atom stereocenters. The van der Waals surface area contributed by atoms with Crippen LogP contribution in [0, 0.1) is 17.7 Å². The lowest BCUT2D eigenvalue weighted by molar-refractivity contribution is 0.274. The fourth-order valence-corrected chi connectivity index (χ4v) is 6.42. The highest BCUT2D eigenvalue weighted by atomic mass is 35.5. The molecule has 0 heterocycles. The molecule has 1 aliphatic carbocycles. The van der Waals surface area contributed by atoms with Gasteiger partial charge in [0.25, 0.3) is 0 Å². The van der Waals surface area contributed by atoms with Gasteiger partial charge in [0.05, 0.1) is 11.0 Å². The van der Waals surface area contributed by atoms with Crippen molar-refractivity contribution in [3.63, 3.8) is 0 Å². The second-order valence-corrected chi connectivity index (χ2v) is 12.1. The van der Waals surface area contributed by atoms with Crippen molar-refractivity contribution < 1.29 is 12.8 Å². The molecule has 0 aromatic heterocycles. The lowest BCUT2D eigenvalue weighted by Gasteiger charge is -2.28. The number of thioether (sulfide) groups is 1. The van der Waals surface area contributed by atoms with Crippen molar-refractivity contribution >= 4 is 33.2 Å². The van der Waals surface area contributed by atoms with Crippen molar-refractivity contribution in [2.75, 3.05) is 11.5 Å². The minimum absolute atomic E-state index is 0.216. The second-order valence-electron chi connectivity index (χ2n) is 8.01. The lowest BCUT2D eigenvalue weighted by atomic mass is 9.80. The van der Waals surface area contributed by atoms with Gasteiger partial charge in [0.2, 0.25) is 0 Å². The van der Waals surface area contributed by atoms with Crippen LogP contribution in [0.25, 0.3) is 0 Å². The highest BCUT2D eigenvalue weighted by molar-refractivity contribution is 7.98. The number of rotatable bonds is 10. The topological polar surface area (TPSA) is 34.1 Å². The SMILES string of the molecule is CC(C)S(=O)(=O)CC1CCC(CCCCSCc2c(F)cccc2Cl)CC1. The molecule has 0 spiro atoms. The molecule has 0 saturated heterocycles. The van der Waals surface area contributed by atoms with E-state index in [1.54, 1.807) is 37.7 Å². The van der Waals surface area contributed by atoms with Gasteiger partial charge in [0.1, 0.15) is 5.82 Å². The van der Waals surface area contributed by atoms with Crippen LogP contribution < -0.4 is 0 Å². The van der Waals surface area contributed by atoms with Crippen LogP contribution in [0.15, 0.2) is 18.2 Å². The average Bonchev–Trinajstić information content (AvgIpc) is 2.61. The summed E-state index contributed by atoms with van der Waals surface area (Å²) in [6.07, 6.45) is 7.99. The lowest BCUT2D eigenvalue weighted by Crippen LogP contribution is -2.26. The summed E-state index contributed by atoms with van der Waals surface area (Å²) in [4.78, 5) is 0. The second kappa shape index (κ2) is 11.1.